The number of amides is 1. The van der Waals surface area contributed by atoms with Crippen molar-refractivity contribution in [2.45, 2.75) is 43.3 Å². The zero-order chi connectivity index (χ0) is 23.7. The van der Waals surface area contributed by atoms with Gasteiger partial charge in [-0.2, -0.15) is 0 Å². The number of carbonyl (C=O) groups is 1. The number of ether oxygens (including phenoxy) is 1. The molecule has 1 unspecified atom stereocenters. The Hall–Kier alpha value is -2.33. The van der Waals surface area contributed by atoms with Gasteiger partial charge in [0.1, 0.15) is 0 Å². The standard InChI is InChI=1S/C25H36N4O5/c30-23(25(33)5-9-29(10-6-25)24(31)32)17-27-7-3-18(4-8-27)21-16-26-22-2-1-19(15-20(21)22)28-11-13-34-14-12-28/h1-2,15-16,18,23,26,30,33H,3-14,17H2,(H,31,32). The van der Waals surface area contributed by atoms with Crippen LogP contribution in [-0.4, -0.2) is 107 Å². The van der Waals surface area contributed by atoms with E-state index in [0.717, 1.165) is 52.2 Å². The second kappa shape index (κ2) is 9.73. The Balaban J connectivity index is 1.19. The molecule has 0 aliphatic carbocycles. The van der Waals surface area contributed by atoms with Crippen molar-refractivity contribution in [2.24, 2.45) is 0 Å². The summed E-state index contributed by atoms with van der Waals surface area (Å²) in [5.41, 5.74) is 2.57. The normalized spacial score (nSPS) is 23.4. The number of piperidine rings is 2. The fourth-order valence-electron chi connectivity index (χ4n) is 5.75. The molecule has 1 amide bonds. The highest BCUT2D eigenvalue weighted by Gasteiger charge is 2.41. The number of likely N-dealkylation sites (tertiary alicyclic amines) is 2. The minimum atomic E-state index is -1.21. The van der Waals surface area contributed by atoms with E-state index in [1.165, 1.54) is 27.1 Å². The summed E-state index contributed by atoms with van der Waals surface area (Å²) in [5, 5.41) is 32.1. The highest BCUT2D eigenvalue weighted by molar-refractivity contribution is 5.87. The number of nitrogens with zero attached hydrogens (tertiary/aromatic N) is 3. The molecule has 3 aliphatic heterocycles. The Labute approximate surface area is 199 Å². The van der Waals surface area contributed by atoms with E-state index < -0.39 is 17.8 Å². The van der Waals surface area contributed by atoms with Crippen molar-refractivity contribution >= 4 is 22.7 Å². The molecule has 4 N–H and O–H groups in total. The van der Waals surface area contributed by atoms with Gasteiger partial charge in [0.2, 0.25) is 0 Å². The van der Waals surface area contributed by atoms with Crippen LogP contribution in [0.5, 0.6) is 0 Å². The van der Waals surface area contributed by atoms with Crippen LogP contribution in [0.2, 0.25) is 0 Å². The van der Waals surface area contributed by atoms with Gasteiger partial charge in [-0.15, -0.1) is 0 Å². The minimum absolute atomic E-state index is 0.262. The Kier molecular flexibility index (Phi) is 6.70. The van der Waals surface area contributed by atoms with E-state index in [2.05, 4.69) is 39.2 Å². The van der Waals surface area contributed by atoms with Crippen molar-refractivity contribution in [2.75, 3.05) is 63.9 Å². The lowest BCUT2D eigenvalue weighted by atomic mass is 9.84. The predicted molar refractivity (Wildman–Crippen MR) is 130 cm³/mol. The number of aliphatic hydroxyl groups is 2. The van der Waals surface area contributed by atoms with Crippen molar-refractivity contribution in [3.63, 3.8) is 0 Å². The molecule has 0 spiro atoms. The number of anilines is 1. The number of carboxylic acid groups (broad SMARTS) is 1. The van der Waals surface area contributed by atoms with Crippen LogP contribution in [0.1, 0.15) is 37.2 Å². The van der Waals surface area contributed by atoms with Crippen LogP contribution >= 0.6 is 0 Å². The number of H-pyrrole nitrogens is 1. The van der Waals surface area contributed by atoms with Crippen LogP contribution in [0.15, 0.2) is 24.4 Å². The van der Waals surface area contributed by atoms with Crippen LogP contribution in [0, 0.1) is 0 Å². The molecule has 0 saturated carbocycles. The molecule has 186 valence electrons. The van der Waals surface area contributed by atoms with Gasteiger partial charge in [0.25, 0.3) is 0 Å². The van der Waals surface area contributed by atoms with E-state index in [-0.39, 0.29) is 25.9 Å². The zero-order valence-corrected chi connectivity index (χ0v) is 19.7. The molecule has 3 fully saturated rings. The van der Waals surface area contributed by atoms with Gasteiger partial charge in [-0.3, -0.25) is 0 Å². The highest BCUT2D eigenvalue weighted by atomic mass is 16.5. The van der Waals surface area contributed by atoms with E-state index in [4.69, 9.17) is 9.84 Å². The van der Waals surface area contributed by atoms with E-state index in [1.54, 1.807) is 0 Å². The smallest absolute Gasteiger partial charge is 0.407 e. The third-order valence-electron chi connectivity index (χ3n) is 8.05. The van der Waals surface area contributed by atoms with Gasteiger partial charge >= 0.3 is 6.09 Å². The van der Waals surface area contributed by atoms with Gasteiger partial charge in [-0.05, 0) is 68.5 Å². The lowest BCUT2D eigenvalue weighted by molar-refractivity contribution is -0.115. The number of hydrogen-bond donors (Lipinski definition) is 4. The Morgan fingerprint density at radius 2 is 1.82 bits per heavy atom. The fourth-order valence-corrected chi connectivity index (χ4v) is 5.75. The van der Waals surface area contributed by atoms with Gasteiger partial charge in [0.05, 0.1) is 24.9 Å². The summed E-state index contributed by atoms with van der Waals surface area (Å²) < 4.78 is 5.50. The lowest BCUT2D eigenvalue weighted by Crippen LogP contribution is -2.56. The number of hydrogen-bond acceptors (Lipinski definition) is 6. The summed E-state index contributed by atoms with van der Waals surface area (Å²) in [6.45, 7) is 6.08. The van der Waals surface area contributed by atoms with Crippen molar-refractivity contribution in [1.29, 1.82) is 0 Å². The number of aliphatic hydroxyl groups excluding tert-OH is 1. The number of morpholine rings is 1. The number of β-amino-alcohol motifs (C(OH)–C–C–N with tert-alkyl or cyclic N) is 1. The highest BCUT2D eigenvalue weighted by Crippen LogP contribution is 2.35. The van der Waals surface area contributed by atoms with Gasteiger partial charge in [-0.1, -0.05) is 0 Å². The first-order chi connectivity index (χ1) is 16.4. The average Bonchev–Trinajstić information content (AvgIpc) is 3.28. The van der Waals surface area contributed by atoms with E-state index >= 15 is 0 Å². The molecule has 0 radical (unpaired) electrons. The molecule has 0 bridgehead atoms. The summed E-state index contributed by atoms with van der Waals surface area (Å²) in [5.74, 6) is 0.462. The van der Waals surface area contributed by atoms with Crippen LogP contribution in [0.4, 0.5) is 10.5 Å². The Morgan fingerprint density at radius 1 is 1.12 bits per heavy atom. The van der Waals surface area contributed by atoms with E-state index in [9.17, 15) is 15.0 Å². The molecular weight excluding hydrogens is 436 g/mol. The second-order valence-electron chi connectivity index (χ2n) is 10.0. The lowest BCUT2D eigenvalue weighted by Gasteiger charge is -2.42. The summed E-state index contributed by atoms with van der Waals surface area (Å²) >= 11 is 0. The maximum absolute atomic E-state index is 11.1. The van der Waals surface area contributed by atoms with Crippen LogP contribution in [0.3, 0.4) is 0 Å². The monoisotopic (exact) mass is 472 g/mol. The first-order valence-corrected chi connectivity index (χ1v) is 12.5. The van der Waals surface area contributed by atoms with Gasteiger partial charge in [-0.25, -0.2) is 4.79 Å². The summed E-state index contributed by atoms with van der Waals surface area (Å²) in [7, 11) is 0. The minimum Gasteiger partial charge on any atom is -0.465 e. The molecule has 4 heterocycles. The molecule has 3 aliphatic rings. The number of aromatic amines is 1. The Bertz CT molecular complexity index is 988. The number of aromatic nitrogens is 1. The van der Waals surface area contributed by atoms with Gasteiger partial charge in [0.15, 0.2) is 0 Å². The first-order valence-electron chi connectivity index (χ1n) is 12.5. The average molecular weight is 473 g/mol. The molecule has 34 heavy (non-hydrogen) atoms. The number of nitrogens with one attached hydrogen (secondary N) is 1. The molecular formula is C25H36N4O5. The summed E-state index contributed by atoms with van der Waals surface area (Å²) in [6.07, 6.45) is 2.88. The number of benzene rings is 1. The number of fused-ring (bicyclic) bond motifs is 1. The Morgan fingerprint density at radius 3 is 2.50 bits per heavy atom. The van der Waals surface area contributed by atoms with Crippen molar-refractivity contribution in [1.82, 2.24) is 14.8 Å². The molecule has 1 atom stereocenters. The van der Waals surface area contributed by atoms with Crippen molar-refractivity contribution < 1.29 is 24.9 Å². The van der Waals surface area contributed by atoms with Crippen molar-refractivity contribution in [3.8, 4) is 0 Å². The second-order valence-corrected chi connectivity index (χ2v) is 10.0. The molecule has 2 aromatic rings. The van der Waals surface area contributed by atoms with Crippen LogP contribution < -0.4 is 4.90 Å². The summed E-state index contributed by atoms with van der Waals surface area (Å²) in [4.78, 5) is 20.5. The zero-order valence-electron chi connectivity index (χ0n) is 19.7. The maximum atomic E-state index is 11.1. The SMILES string of the molecule is O=C(O)N1CCC(O)(C(O)CN2CCC(c3c[nH]c4ccc(N5CCOCC5)cc34)CC2)CC1. The van der Waals surface area contributed by atoms with E-state index in [0.29, 0.717) is 12.5 Å². The van der Waals surface area contributed by atoms with Crippen molar-refractivity contribution in [3.05, 3.63) is 30.0 Å². The molecule has 5 rings (SSSR count). The van der Waals surface area contributed by atoms with E-state index in [1.807, 2.05) is 0 Å². The quantitative estimate of drug-likeness (QED) is 0.527. The van der Waals surface area contributed by atoms with Crippen LogP contribution in [0.25, 0.3) is 10.9 Å². The first kappa shape index (κ1) is 23.4. The third kappa shape index (κ3) is 4.75. The number of rotatable bonds is 5. The molecule has 1 aromatic heterocycles. The van der Waals surface area contributed by atoms with Gasteiger partial charge in [0, 0.05) is 55.5 Å². The molecule has 1 aromatic carbocycles. The fraction of sp³-hybridized carbons (Fsp3) is 0.640. The predicted octanol–water partition coefficient (Wildman–Crippen LogP) is 2.05. The molecule has 3 saturated heterocycles. The molecule has 9 heteroatoms. The van der Waals surface area contributed by atoms with Gasteiger partial charge < -0.3 is 39.7 Å². The third-order valence-corrected chi connectivity index (χ3v) is 8.05. The molecule has 9 nitrogen and oxygen atoms in total. The largest absolute Gasteiger partial charge is 0.465 e. The van der Waals surface area contributed by atoms with Crippen LogP contribution in [-0.2, 0) is 4.74 Å². The maximum Gasteiger partial charge on any atom is 0.407 e. The topological polar surface area (TPSA) is 112 Å². The summed E-state index contributed by atoms with van der Waals surface area (Å²) in [6, 6.07) is 6.66.